The summed E-state index contributed by atoms with van der Waals surface area (Å²) in [6.45, 7) is 3.56. The van der Waals surface area contributed by atoms with Crippen LogP contribution in [0.1, 0.15) is 18.9 Å². The van der Waals surface area contributed by atoms with Crippen molar-refractivity contribution in [1.82, 2.24) is 14.8 Å². The summed E-state index contributed by atoms with van der Waals surface area (Å²) in [6, 6.07) is 3.95. The highest BCUT2D eigenvalue weighted by Gasteiger charge is 2.36. The highest BCUT2D eigenvalue weighted by molar-refractivity contribution is 5.82. The molecule has 2 rings (SSSR count). The summed E-state index contributed by atoms with van der Waals surface area (Å²) in [6.07, 6.45) is 4.05. The maximum atomic E-state index is 12.2. The van der Waals surface area contributed by atoms with Crippen LogP contribution in [0.3, 0.4) is 0 Å². The van der Waals surface area contributed by atoms with Gasteiger partial charge < -0.3 is 10.0 Å². The Labute approximate surface area is 113 Å². The quantitative estimate of drug-likeness (QED) is 0.859. The lowest BCUT2D eigenvalue weighted by atomic mass is 10.0. The summed E-state index contributed by atoms with van der Waals surface area (Å²) in [5.41, 5.74) is 1.09. The van der Waals surface area contributed by atoms with E-state index in [2.05, 4.69) is 16.8 Å². The van der Waals surface area contributed by atoms with E-state index in [0.29, 0.717) is 13.0 Å². The van der Waals surface area contributed by atoms with Crippen molar-refractivity contribution < 1.29 is 9.90 Å². The summed E-state index contributed by atoms with van der Waals surface area (Å²) in [5.74, 6) is 0.0936. The molecule has 19 heavy (non-hydrogen) atoms. The zero-order valence-electron chi connectivity index (χ0n) is 11.5. The summed E-state index contributed by atoms with van der Waals surface area (Å²) >= 11 is 0. The van der Waals surface area contributed by atoms with Gasteiger partial charge in [0.05, 0.1) is 6.04 Å². The maximum Gasteiger partial charge on any atom is 0.239 e. The fraction of sp³-hybridized carbons (Fsp3) is 0.571. The lowest BCUT2D eigenvalue weighted by Crippen LogP contribution is -2.59. The average Bonchev–Trinajstić information content (AvgIpc) is 2.41. The Bertz CT molecular complexity index is 424. The second-order valence-electron chi connectivity index (χ2n) is 5.13. The number of aromatic nitrogens is 1. The monoisotopic (exact) mass is 263 g/mol. The van der Waals surface area contributed by atoms with Gasteiger partial charge in [-0.2, -0.15) is 0 Å². The Kier molecular flexibility index (Phi) is 4.50. The van der Waals surface area contributed by atoms with E-state index in [1.807, 2.05) is 25.4 Å². The van der Waals surface area contributed by atoms with Gasteiger partial charge in [-0.3, -0.25) is 14.7 Å². The van der Waals surface area contributed by atoms with Gasteiger partial charge in [-0.1, -0.05) is 6.07 Å². The number of piperazine rings is 1. The minimum absolute atomic E-state index is 0.0283. The fourth-order valence-corrected chi connectivity index (χ4v) is 2.67. The van der Waals surface area contributed by atoms with Crippen molar-refractivity contribution in [3.63, 3.8) is 0 Å². The number of likely N-dealkylation sites (N-methyl/N-ethyl adjacent to an activating group) is 1. The molecule has 1 aliphatic rings. The first-order valence-corrected chi connectivity index (χ1v) is 6.64. The number of aliphatic hydroxyl groups excluding tert-OH is 1. The van der Waals surface area contributed by atoms with Crippen molar-refractivity contribution in [3.05, 3.63) is 30.1 Å². The van der Waals surface area contributed by atoms with Gasteiger partial charge in [0.25, 0.3) is 0 Å². The molecule has 2 unspecified atom stereocenters. The molecule has 5 nitrogen and oxygen atoms in total. The van der Waals surface area contributed by atoms with E-state index in [-0.39, 0.29) is 24.6 Å². The molecule has 1 amide bonds. The van der Waals surface area contributed by atoms with E-state index in [0.717, 1.165) is 12.1 Å². The molecule has 1 saturated heterocycles. The number of carbonyl (C=O) groups is 1. The van der Waals surface area contributed by atoms with Crippen molar-refractivity contribution in [2.45, 2.75) is 32.0 Å². The number of amides is 1. The van der Waals surface area contributed by atoms with E-state index >= 15 is 0 Å². The van der Waals surface area contributed by atoms with Crippen molar-refractivity contribution in [3.8, 4) is 0 Å². The number of hydrogen-bond acceptors (Lipinski definition) is 4. The lowest BCUT2D eigenvalue weighted by Gasteiger charge is -2.43. The zero-order chi connectivity index (χ0) is 13.8. The molecule has 1 N–H and O–H groups in total. The molecule has 0 spiro atoms. The number of aliphatic hydroxyl groups is 1. The van der Waals surface area contributed by atoms with Gasteiger partial charge in [0.2, 0.25) is 5.91 Å². The molecule has 0 aliphatic carbocycles. The molecule has 0 saturated carbocycles. The Hall–Kier alpha value is -1.46. The van der Waals surface area contributed by atoms with Gasteiger partial charge in [0, 0.05) is 45.2 Å². The van der Waals surface area contributed by atoms with Gasteiger partial charge in [0.1, 0.15) is 0 Å². The lowest BCUT2D eigenvalue weighted by molar-refractivity contribution is -0.144. The molecule has 0 radical (unpaired) electrons. The van der Waals surface area contributed by atoms with Crippen LogP contribution in [-0.2, 0) is 11.3 Å². The molecule has 1 fully saturated rings. The van der Waals surface area contributed by atoms with E-state index in [4.69, 9.17) is 0 Å². The second-order valence-corrected chi connectivity index (χ2v) is 5.13. The molecule has 2 atom stereocenters. The topological polar surface area (TPSA) is 56.7 Å². The van der Waals surface area contributed by atoms with Crippen molar-refractivity contribution >= 4 is 5.91 Å². The first-order chi connectivity index (χ1) is 9.13. The van der Waals surface area contributed by atoms with E-state index in [9.17, 15) is 9.90 Å². The highest BCUT2D eigenvalue weighted by atomic mass is 16.3. The number of rotatable bonds is 4. The molecule has 1 aromatic heterocycles. The predicted octanol–water partition coefficient (Wildman–Crippen LogP) is 0.495. The summed E-state index contributed by atoms with van der Waals surface area (Å²) < 4.78 is 0. The van der Waals surface area contributed by atoms with Crippen LogP contribution < -0.4 is 0 Å². The van der Waals surface area contributed by atoms with Crippen LogP contribution in [0.4, 0.5) is 0 Å². The number of hydrogen-bond donors (Lipinski definition) is 1. The Morgan fingerprint density at radius 2 is 2.32 bits per heavy atom. The number of nitrogens with zero attached hydrogens (tertiary/aromatic N) is 3. The fourth-order valence-electron chi connectivity index (χ4n) is 2.67. The molecule has 2 heterocycles. The first kappa shape index (κ1) is 14.0. The number of pyridine rings is 1. The minimum Gasteiger partial charge on any atom is -0.396 e. The summed E-state index contributed by atoms with van der Waals surface area (Å²) in [5, 5.41) is 9.18. The largest absolute Gasteiger partial charge is 0.396 e. The molecule has 0 bridgehead atoms. The van der Waals surface area contributed by atoms with Crippen LogP contribution in [0.2, 0.25) is 0 Å². The minimum atomic E-state index is -0.237. The molecule has 0 aromatic carbocycles. The predicted molar refractivity (Wildman–Crippen MR) is 72.4 cm³/mol. The van der Waals surface area contributed by atoms with Gasteiger partial charge in [-0.05, 0) is 25.0 Å². The smallest absolute Gasteiger partial charge is 0.239 e. The van der Waals surface area contributed by atoms with Gasteiger partial charge in [-0.25, -0.2) is 0 Å². The molecular weight excluding hydrogens is 242 g/mol. The summed E-state index contributed by atoms with van der Waals surface area (Å²) in [4.78, 5) is 20.2. The molecule has 104 valence electrons. The van der Waals surface area contributed by atoms with Crippen molar-refractivity contribution in [1.29, 1.82) is 0 Å². The van der Waals surface area contributed by atoms with Gasteiger partial charge >= 0.3 is 0 Å². The van der Waals surface area contributed by atoms with Crippen LogP contribution in [0.25, 0.3) is 0 Å². The third kappa shape index (κ3) is 3.11. The van der Waals surface area contributed by atoms with Crippen LogP contribution in [0, 0.1) is 0 Å². The molecule has 5 heteroatoms. The van der Waals surface area contributed by atoms with E-state index < -0.39 is 0 Å². The third-order valence-corrected chi connectivity index (χ3v) is 3.66. The Morgan fingerprint density at radius 1 is 1.53 bits per heavy atom. The SMILES string of the molecule is CC1CN(C)C(=O)C(CCO)N1Cc1cccnc1. The van der Waals surface area contributed by atoms with Crippen LogP contribution in [-0.4, -0.2) is 58.1 Å². The highest BCUT2D eigenvalue weighted by Crippen LogP contribution is 2.21. The van der Waals surface area contributed by atoms with Crippen LogP contribution in [0.15, 0.2) is 24.5 Å². The van der Waals surface area contributed by atoms with Gasteiger partial charge in [0.15, 0.2) is 0 Å². The number of carbonyl (C=O) groups excluding carboxylic acids is 1. The Morgan fingerprint density at radius 3 is 2.95 bits per heavy atom. The third-order valence-electron chi connectivity index (χ3n) is 3.66. The van der Waals surface area contributed by atoms with E-state index in [1.54, 1.807) is 11.1 Å². The van der Waals surface area contributed by atoms with Crippen LogP contribution >= 0.6 is 0 Å². The maximum absolute atomic E-state index is 12.2. The zero-order valence-corrected chi connectivity index (χ0v) is 11.5. The van der Waals surface area contributed by atoms with Gasteiger partial charge in [-0.15, -0.1) is 0 Å². The average molecular weight is 263 g/mol. The summed E-state index contributed by atoms with van der Waals surface area (Å²) in [7, 11) is 1.82. The normalized spacial score (nSPS) is 24.8. The molecule has 1 aromatic rings. The standard InChI is InChI=1S/C14H21N3O2/c1-11-9-16(2)14(19)13(5-7-18)17(11)10-12-4-3-6-15-8-12/h3-4,6,8,11,13,18H,5,7,9-10H2,1-2H3. The Balaban J connectivity index is 2.17. The van der Waals surface area contributed by atoms with Crippen LogP contribution in [0.5, 0.6) is 0 Å². The molecule has 1 aliphatic heterocycles. The van der Waals surface area contributed by atoms with Crippen molar-refractivity contribution in [2.24, 2.45) is 0 Å². The first-order valence-electron chi connectivity index (χ1n) is 6.64. The second kappa shape index (κ2) is 6.12. The van der Waals surface area contributed by atoms with E-state index in [1.165, 1.54) is 0 Å². The molecular formula is C14H21N3O2. The van der Waals surface area contributed by atoms with Crippen molar-refractivity contribution in [2.75, 3.05) is 20.2 Å².